The van der Waals surface area contributed by atoms with Crippen LogP contribution in [0.5, 0.6) is 0 Å². The summed E-state index contributed by atoms with van der Waals surface area (Å²) in [5, 5.41) is 30.2. The molecule has 0 saturated carbocycles. The molecule has 1 aromatic rings. The van der Waals surface area contributed by atoms with Gasteiger partial charge in [0.2, 0.25) is 5.91 Å². The second-order valence-electron chi connectivity index (χ2n) is 6.77. The molecule has 0 radical (unpaired) electrons. The van der Waals surface area contributed by atoms with Gasteiger partial charge in [-0.15, -0.1) is 11.8 Å². The smallest absolute Gasteiger partial charge is 0.548 e. The van der Waals surface area contributed by atoms with E-state index < -0.39 is 45.8 Å². The fraction of sp³-hybridized carbons (Fsp3) is 0.471. The van der Waals surface area contributed by atoms with E-state index in [2.05, 4.69) is 0 Å². The van der Waals surface area contributed by atoms with Crippen molar-refractivity contribution in [3.63, 3.8) is 0 Å². The Kier molecular flexibility index (Phi) is 6.78. The number of aliphatic hydroxyl groups excluding tert-OH is 2. The molecule has 9 heteroatoms. The second kappa shape index (κ2) is 8.00. The maximum atomic E-state index is 12.5. The molecule has 2 N–H and O–H groups in total. The van der Waals surface area contributed by atoms with Crippen molar-refractivity contribution < 1.29 is 81.1 Å². The molecule has 0 unspecified atom stereocenters. The first-order valence-electron chi connectivity index (χ1n) is 7.82. The summed E-state index contributed by atoms with van der Waals surface area (Å²) in [4.78, 5) is 37.4. The van der Waals surface area contributed by atoms with E-state index in [1.807, 2.05) is 0 Å². The van der Waals surface area contributed by atoms with E-state index in [4.69, 9.17) is 5.11 Å². The zero-order chi connectivity index (χ0) is 18.5. The topological polar surface area (TPSA) is 118 Å². The van der Waals surface area contributed by atoms with Crippen LogP contribution in [0.1, 0.15) is 29.8 Å². The van der Waals surface area contributed by atoms with Gasteiger partial charge >= 0.3 is 51.4 Å². The number of nitrogens with zero attached hydrogens (tertiary/aromatic N) is 1. The molecule has 2 aliphatic rings. The molecule has 4 atom stereocenters. The van der Waals surface area contributed by atoms with Crippen molar-refractivity contribution in [3.8, 4) is 0 Å². The van der Waals surface area contributed by atoms with E-state index in [0.717, 1.165) is 0 Å². The fourth-order valence-corrected chi connectivity index (χ4v) is 5.13. The van der Waals surface area contributed by atoms with Crippen molar-refractivity contribution in [2.24, 2.45) is 5.92 Å². The zero-order valence-electron chi connectivity index (χ0n) is 14.7. The van der Waals surface area contributed by atoms with Gasteiger partial charge in [-0.05, 0) is 19.4 Å². The van der Waals surface area contributed by atoms with Crippen molar-refractivity contribution >= 4 is 29.4 Å². The van der Waals surface area contributed by atoms with Gasteiger partial charge in [0.1, 0.15) is 12.0 Å². The number of carboxylic acid groups (broad SMARTS) is 1. The summed E-state index contributed by atoms with van der Waals surface area (Å²) in [7, 11) is 0. The van der Waals surface area contributed by atoms with Crippen molar-refractivity contribution in [1.82, 2.24) is 4.90 Å². The third-order valence-electron chi connectivity index (χ3n) is 4.74. The normalized spacial score (nSPS) is 27.2. The summed E-state index contributed by atoms with van der Waals surface area (Å²) < 4.78 is -0.764. The minimum Gasteiger partial charge on any atom is -0.548 e. The molecule has 2 aliphatic heterocycles. The summed E-state index contributed by atoms with van der Waals surface area (Å²) in [6.07, 6.45) is -1.54. The molecule has 1 amide bonds. The summed E-state index contributed by atoms with van der Waals surface area (Å²) >= 11 is 1.25. The number of benzene rings is 1. The van der Waals surface area contributed by atoms with Crippen LogP contribution in [0.25, 0.3) is 0 Å². The number of aliphatic carboxylic acids is 1. The number of thioether (sulfide) groups is 1. The molecule has 2 fully saturated rings. The molecule has 26 heavy (non-hydrogen) atoms. The molecule has 2 heterocycles. The Morgan fingerprint density at radius 3 is 2.38 bits per heavy atom. The van der Waals surface area contributed by atoms with Crippen molar-refractivity contribution in [2.45, 2.75) is 42.7 Å². The Labute approximate surface area is 197 Å². The van der Waals surface area contributed by atoms with Gasteiger partial charge in [0.05, 0.1) is 24.0 Å². The number of β-lactam (4-membered cyclic amide) rings is 1. The predicted octanol–water partition coefficient (Wildman–Crippen LogP) is -3.85. The quantitative estimate of drug-likeness (QED) is 0.294. The van der Waals surface area contributed by atoms with Crippen LogP contribution in [0.2, 0.25) is 0 Å². The number of carbonyl (C=O) groups excluding carboxylic acids is 3. The van der Waals surface area contributed by atoms with Gasteiger partial charge < -0.3 is 25.0 Å². The molecule has 3 rings (SSSR count). The number of carbonyl (C=O) groups is 3. The Morgan fingerprint density at radius 1 is 1.31 bits per heavy atom. The monoisotopic (exact) mass is 403 g/mol. The van der Waals surface area contributed by atoms with Crippen LogP contribution < -0.4 is 56.5 Å². The molecule has 1 aromatic carbocycles. The van der Waals surface area contributed by atoms with E-state index in [-0.39, 0.29) is 63.6 Å². The van der Waals surface area contributed by atoms with Gasteiger partial charge in [-0.1, -0.05) is 24.3 Å². The maximum absolute atomic E-state index is 12.5. The zero-order valence-corrected chi connectivity index (χ0v) is 18.6. The number of Topliss-reactive ketones (excluding diaryl/α,β-unsaturated/α-hetero) is 1. The Morgan fingerprint density at radius 2 is 1.88 bits per heavy atom. The van der Waals surface area contributed by atoms with Crippen LogP contribution in [0.4, 0.5) is 0 Å². The number of aliphatic hydroxyl groups is 2. The summed E-state index contributed by atoms with van der Waals surface area (Å²) in [5.74, 6) is -3.46. The standard InChI is InChI=1S/C17H19NO6S.K/c1-17(2)13(16(23)24)18-14(22)10(15(18)25-17)12(21)11(20)9-5-3-8(7-19)4-6-9;/h3-6,10,12-13,15,19,21H,7H2,1-2H3,(H,23,24);/q;+1/p-1/t10-,12+,13+,15-;/m1./s1. The third kappa shape index (κ3) is 3.56. The molecule has 0 aromatic heterocycles. The van der Waals surface area contributed by atoms with Crippen LogP contribution in [-0.4, -0.2) is 55.0 Å². The second-order valence-corrected chi connectivity index (χ2v) is 8.54. The summed E-state index contributed by atoms with van der Waals surface area (Å²) in [6, 6.07) is 5.00. The SMILES string of the molecule is CC1(C)S[C@@H]2[C@H]([C@H](O)C(=O)c3ccc(CO)cc3)C(=O)N2[C@H]1C(=O)[O-].[K+]. The molecule has 0 bridgehead atoms. The van der Waals surface area contributed by atoms with Crippen LogP contribution in [0.3, 0.4) is 0 Å². The third-order valence-corrected chi connectivity index (χ3v) is 6.33. The van der Waals surface area contributed by atoms with Crippen LogP contribution in [-0.2, 0) is 16.2 Å². The van der Waals surface area contributed by atoms with E-state index >= 15 is 0 Å². The molecule has 0 spiro atoms. The number of amides is 1. The number of carboxylic acids is 1. The van der Waals surface area contributed by atoms with Gasteiger partial charge in [0.15, 0.2) is 5.78 Å². The number of ketones is 1. The first kappa shape index (κ1) is 22.0. The van der Waals surface area contributed by atoms with Crippen molar-refractivity contribution in [1.29, 1.82) is 0 Å². The van der Waals surface area contributed by atoms with E-state index in [9.17, 15) is 24.6 Å². The molecule has 7 nitrogen and oxygen atoms in total. The van der Waals surface area contributed by atoms with Crippen LogP contribution in [0.15, 0.2) is 24.3 Å². The minimum atomic E-state index is -1.54. The molecule has 134 valence electrons. The average Bonchev–Trinajstić information content (AvgIpc) is 2.82. The average molecular weight is 403 g/mol. The Bertz CT molecular complexity index is 737. The van der Waals surface area contributed by atoms with Gasteiger partial charge in [-0.25, -0.2) is 0 Å². The summed E-state index contributed by atoms with van der Waals surface area (Å²) in [5.41, 5.74) is 0.858. The number of rotatable bonds is 5. The van der Waals surface area contributed by atoms with Gasteiger partial charge in [0, 0.05) is 10.3 Å². The number of hydrogen-bond acceptors (Lipinski definition) is 7. The molecule has 2 saturated heterocycles. The van der Waals surface area contributed by atoms with Gasteiger partial charge in [0.25, 0.3) is 0 Å². The minimum absolute atomic E-state index is 0. The van der Waals surface area contributed by atoms with E-state index in [1.54, 1.807) is 26.0 Å². The largest absolute Gasteiger partial charge is 1.00 e. The van der Waals surface area contributed by atoms with E-state index in [0.29, 0.717) is 5.56 Å². The molecular formula is C17H18KNO6S. The van der Waals surface area contributed by atoms with Crippen LogP contribution >= 0.6 is 11.8 Å². The Hall–Kier alpha value is -0.264. The van der Waals surface area contributed by atoms with Crippen molar-refractivity contribution in [3.05, 3.63) is 35.4 Å². The van der Waals surface area contributed by atoms with Crippen LogP contribution in [0, 0.1) is 5.92 Å². The fourth-order valence-electron chi connectivity index (χ4n) is 3.42. The predicted molar refractivity (Wildman–Crippen MR) is 87.3 cm³/mol. The van der Waals surface area contributed by atoms with E-state index in [1.165, 1.54) is 28.8 Å². The Balaban J connectivity index is 0.00000243. The number of hydrogen-bond donors (Lipinski definition) is 2. The first-order chi connectivity index (χ1) is 11.7. The van der Waals surface area contributed by atoms with Gasteiger partial charge in [-0.2, -0.15) is 0 Å². The van der Waals surface area contributed by atoms with Crippen molar-refractivity contribution in [2.75, 3.05) is 0 Å². The maximum Gasteiger partial charge on any atom is 1.00 e. The first-order valence-corrected chi connectivity index (χ1v) is 8.70. The molecule has 0 aliphatic carbocycles. The number of fused-ring (bicyclic) bond motifs is 1. The van der Waals surface area contributed by atoms with Gasteiger partial charge in [-0.3, -0.25) is 9.59 Å². The summed E-state index contributed by atoms with van der Waals surface area (Å²) in [6.45, 7) is 3.23. The molecular weight excluding hydrogens is 385 g/mol.